The van der Waals surface area contributed by atoms with Crippen molar-refractivity contribution in [2.75, 3.05) is 25.6 Å². The number of benzene rings is 4. The van der Waals surface area contributed by atoms with E-state index in [-0.39, 0.29) is 4.84 Å². The van der Waals surface area contributed by atoms with E-state index < -0.39 is 19.7 Å². The number of aryl methyl sites for hydroxylation is 1. The van der Waals surface area contributed by atoms with Crippen LogP contribution in [0, 0.1) is 6.92 Å². The molecule has 0 saturated carbocycles. The maximum absolute atomic E-state index is 11.7. The summed E-state index contributed by atoms with van der Waals surface area (Å²) in [6, 6.07) is 34.7. The maximum atomic E-state index is 11.7. The Morgan fingerprint density at radius 3 is 1.48 bits per heavy atom. The molecule has 0 unspecified atom stereocenters. The Balaban J connectivity index is 0.000000177. The fourth-order valence-corrected chi connectivity index (χ4v) is 8.08. The molecule has 4 heterocycles. The zero-order valence-corrected chi connectivity index (χ0v) is 37.9. The van der Waals surface area contributed by atoms with Crippen molar-refractivity contribution < 1.29 is 16.8 Å². The molecule has 10 nitrogen and oxygen atoms in total. The summed E-state index contributed by atoms with van der Waals surface area (Å²) in [6.07, 6.45) is 7.41. The predicted molar refractivity (Wildman–Crippen MR) is 242 cm³/mol. The van der Waals surface area contributed by atoms with Crippen LogP contribution >= 0.6 is 34.8 Å². The molecule has 15 heteroatoms. The van der Waals surface area contributed by atoms with E-state index in [4.69, 9.17) is 34.8 Å². The van der Waals surface area contributed by atoms with Gasteiger partial charge >= 0.3 is 0 Å². The van der Waals surface area contributed by atoms with E-state index in [9.17, 15) is 16.8 Å². The van der Waals surface area contributed by atoms with Crippen molar-refractivity contribution in [3.63, 3.8) is 0 Å². The van der Waals surface area contributed by atoms with E-state index in [1.165, 1.54) is 23.6 Å². The Labute approximate surface area is 369 Å². The Bertz CT molecular complexity index is 2510. The second kappa shape index (κ2) is 22.0. The van der Waals surface area contributed by atoms with Crippen molar-refractivity contribution in [2.45, 2.75) is 67.5 Å². The quantitative estimate of drug-likeness (QED) is 0.113. The highest BCUT2D eigenvalue weighted by Crippen LogP contribution is 2.29. The molecular formula is C45H49Cl3N6O4S2. The van der Waals surface area contributed by atoms with Gasteiger partial charge in [-0.1, -0.05) is 102 Å². The largest absolute Gasteiger partial charge is 0.294 e. The molecule has 0 radical (unpaired) electrons. The molecule has 8 rings (SSSR count). The summed E-state index contributed by atoms with van der Waals surface area (Å²) in [4.78, 5) is 22.6. The average molecular weight is 908 g/mol. The Hall–Kier alpha value is -4.27. The minimum atomic E-state index is -3.20. The number of fused-ring (bicyclic) bond motifs is 2. The fourth-order valence-electron chi connectivity index (χ4n) is 6.61. The summed E-state index contributed by atoms with van der Waals surface area (Å²) < 4.78 is 45.3. The Kier molecular flexibility index (Phi) is 17.2. The molecule has 6 aromatic rings. The molecule has 2 aliphatic rings. The van der Waals surface area contributed by atoms with Crippen LogP contribution in [-0.2, 0) is 58.7 Å². The highest BCUT2D eigenvalue weighted by molar-refractivity contribution is 7.91. The van der Waals surface area contributed by atoms with Crippen molar-refractivity contribution in [3.8, 4) is 11.3 Å². The lowest BCUT2D eigenvalue weighted by molar-refractivity contribution is 0.243. The van der Waals surface area contributed by atoms with Crippen LogP contribution in [0.4, 0.5) is 0 Å². The van der Waals surface area contributed by atoms with Crippen LogP contribution in [0.1, 0.15) is 46.1 Å². The highest BCUT2D eigenvalue weighted by Gasteiger charge is 2.23. The van der Waals surface area contributed by atoms with E-state index in [2.05, 4.69) is 78.3 Å². The second-order valence-electron chi connectivity index (χ2n) is 14.5. The van der Waals surface area contributed by atoms with E-state index >= 15 is 0 Å². The van der Waals surface area contributed by atoms with E-state index in [1.54, 1.807) is 56.0 Å². The summed E-state index contributed by atoms with van der Waals surface area (Å²) in [5, 5.41) is 0.595. The van der Waals surface area contributed by atoms with Crippen molar-refractivity contribution >= 4 is 54.5 Å². The van der Waals surface area contributed by atoms with Gasteiger partial charge in [0.15, 0.2) is 19.7 Å². The number of alkyl halides is 2. The number of aromatic nitrogens is 4. The number of sulfone groups is 2. The number of halogens is 3. The van der Waals surface area contributed by atoms with Gasteiger partial charge in [0.2, 0.25) is 0 Å². The molecule has 0 fully saturated rings. The van der Waals surface area contributed by atoms with Gasteiger partial charge in [-0.3, -0.25) is 9.80 Å². The van der Waals surface area contributed by atoms with Gasteiger partial charge in [-0.25, -0.2) is 36.8 Å². The van der Waals surface area contributed by atoms with Gasteiger partial charge < -0.3 is 0 Å². The molecule has 0 spiro atoms. The maximum Gasteiger partial charge on any atom is 0.175 e. The zero-order valence-electron chi connectivity index (χ0n) is 34.0. The van der Waals surface area contributed by atoms with E-state index in [0.717, 1.165) is 91.4 Å². The first-order valence-corrected chi connectivity index (χ1v) is 24.3. The van der Waals surface area contributed by atoms with Gasteiger partial charge in [-0.2, -0.15) is 0 Å². The molecule has 0 saturated heterocycles. The standard InChI is InChI=1S/C21H21N3O2S.C14H14ClN3.C8H10O2S.C2H4Cl2/c1-27(25,26)18-9-7-17(8-10-18)21-19-14-24(12-11-20(19)22-15-23-21)13-16-5-3-2-4-6-16;15-14-12-9-18(7-6-13(12)16-10-17-14)8-11-4-2-1-3-5-11;1-7-3-5-8(6-4-7)11(2,9)10;1-2(3)4/h2-10,15H,11-14H2,1H3;1-5,10H,6-9H2;3-6H,1-2H3;2H,1H3. The number of hydrogen-bond donors (Lipinski definition) is 0. The van der Waals surface area contributed by atoms with Crippen molar-refractivity contribution in [1.29, 1.82) is 0 Å². The third kappa shape index (κ3) is 14.4. The summed E-state index contributed by atoms with van der Waals surface area (Å²) in [5.41, 5.74) is 9.88. The molecule has 0 N–H and O–H groups in total. The third-order valence-corrected chi connectivity index (χ3v) is 12.2. The molecule has 4 aromatic carbocycles. The van der Waals surface area contributed by atoms with Crippen LogP contribution in [0.25, 0.3) is 11.3 Å². The van der Waals surface area contributed by atoms with Crippen LogP contribution < -0.4 is 0 Å². The predicted octanol–water partition coefficient (Wildman–Crippen LogP) is 9.00. The van der Waals surface area contributed by atoms with Gasteiger partial charge in [0, 0.05) is 81.3 Å². The van der Waals surface area contributed by atoms with Gasteiger partial charge in [-0.05, 0) is 49.2 Å². The van der Waals surface area contributed by atoms with Crippen LogP contribution in [0.5, 0.6) is 0 Å². The van der Waals surface area contributed by atoms with Crippen molar-refractivity contribution in [2.24, 2.45) is 0 Å². The normalized spacial score (nSPS) is 13.9. The summed E-state index contributed by atoms with van der Waals surface area (Å²) in [7, 11) is -6.22. The topological polar surface area (TPSA) is 126 Å². The van der Waals surface area contributed by atoms with Gasteiger partial charge in [0.25, 0.3) is 0 Å². The lowest BCUT2D eigenvalue weighted by Gasteiger charge is -2.29. The van der Waals surface area contributed by atoms with Crippen LogP contribution in [0.3, 0.4) is 0 Å². The summed E-state index contributed by atoms with van der Waals surface area (Å²) >= 11 is 16.2. The van der Waals surface area contributed by atoms with E-state index in [0.29, 0.717) is 14.9 Å². The van der Waals surface area contributed by atoms with Crippen molar-refractivity contribution in [3.05, 3.63) is 166 Å². The smallest absolute Gasteiger partial charge is 0.175 e. The Morgan fingerprint density at radius 1 is 0.600 bits per heavy atom. The van der Waals surface area contributed by atoms with E-state index in [1.807, 2.05) is 31.2 Å². The molecule has 60 heavy (non-hydrogen) atoms. The first-order valence-electron chi connectivity index (χ1n) is 19.3. The first kappa shape index (κ1) is 46.8. The SMILES string of the molecule is CC(Cl)Cl.CS(=O)(=O)c1ccc(-c2ncnc3c2CN(Cc2ccccc2)CC3)cc1.Cc1ccc(S(C)(=O)=O)cc1.Clc1ncnc2c1CN(Cc1ccccc1)CC2. The molecular weight excluding hydrogens is 859 g/mol. The molecule has 0 aliphatic carbocycles. The number of nitrogens with zero attached hydrogens (tertiary/aromatic N) is 6. The van der Waals surface area contributed by atoms with Gasteiger partial charge in [0.05, 0.1) is 26.9 Å². The molecule has 0 atom stereocenters. The van der Waals surface area contributed by atoms with Crippen molar-refractivity contribution in [1.82, 2.24) is 29.7 Å². The van der Waals surface area contributed by atoms with Gasteiger partial charge in [-0.15, -0.1) is 23.2 Å². The summed E-state index contributed by atoms with van der Waals surface area (Å²) in [6.45, 7) is 9.07. The third-order valence-electron chi connectivity index (χ3n) is 9.61. The molecule has 0 amide bonds. The van der Waals surface area contributed by atoms with Crippen LogP contribution in [-0.4, -0.2) is 77.0 Å². The van der Waals surface area contributed by atoms with Crippen LogP contribution in [0.2, 0.25) is 5.15 Å². The monoisotopic (exact) mass is 906 g/mol. The number of rotatable bonds is 7. The highest BCUT2D eigenvalue weighted by atomic mass is 35.5. The minimum Gasteiger partial charge on any atom is -0.294 e. The van der Waals surface area contributed by atoms with Crippen LogP contribution in [0.15, 0.2) is 132 Å². The number of hydrogen-bond acceptors (Lipinski definition) is 10. The minimum absolute atomic E-state index is 0.222. The molecule has 0 bridgehead atoms. The Morgan fingerprint density at radius 2 is 1.02 bits per heavy atom. The molecule has 2 aromatic heterocycles. The lowest BCUT2D eigenvalue weighted by Crippen LogP contribution is -2.31. The van der Waals surface area contributed by atoms with Gasteiger partial charge in [0.1, 0.15) is 22.6 Å². The molecule has 316 valence electrons. The first-order chi connectivity index (χ1) is 28.6. The second-order valence-corrected chi connectivity index (χ2v) is 20.5. The molecule has 2 aliphatic heterocycles. The average Bonchev–Trinajstić information content (AvgIpc) is 3.22. The lowest BCUT2D eigenvalue weighted by atomic mass is 9.99. The zero-order chi connectivity index (χ0) is 43.3. The summed E-state index contributed by atoms with van der Waals surface area (Å²) in [5.74, 6) is 0. The fraction of sp³-hybridized carbons (Fsp3) is 0.289.